The number of amides is 1. The van der Waals surface area contributed by atoms with Crippen LogP contribution in [0.4, 0.5) is 4.79 Å². The van der Waals surface area contributed by atoms with E-state index in [1.54, 1.807) is 6.08 Å². The minimum absolute atomic E-state index is 0.0455. The second-order valence-corrected chi connectivity index (χ2v) is 15.3. The molecule has 0 bridgehead atoms. The van der Waals surface area contributed by atoms with Crippen molar-refractivity contribution in [1.29, 1.82) is 0 Å². The highest BCUT2D eigenvalue weighted by atomic mass is 31.2. The van der Waals surface area contributed by atoms with Gasteiger partial charge >= 0.3 is 6.09 Å². The molecule has 0 saturated heterocycles. The molecule has 1 unspecified atom stereocenters. The number of ether oxygens (including phenoxy) is 1. The highest BCUT2D eigenvalue weighted by molar-refractivity contribution is 7.45. The number of allylic oxidation sites excluding steroid dienone is 1. The SMILES string of the molecule is CCCCCCCCCCCCC/C=C/[C@@H](O)[C@H](COP(=O)([O-])OCC[N+](C)(C)C)NC(=O)OCC1c2ccccc2-c2ccccc21. The summed E-state index contributed by atoms with van der Waals surface area (Å²) < 4.78 is 28.8. The highest BCUT2D eigenvalue weighted by Gasteiger charge is 2.30. The Balaban J connectivity index is 1.50. The first kappa shape index (κ1) is 39.9. The lowest BCUT2D eigenvalue weighted by Gasteiger charge is -2.29. The number of nitrogens with zero attached hydrogens (tertiary/aromatic N) is 1. The van der Waals surface area contributed by atoms with Gasteiger partial charge < -0.3 is 33.6 Å². The fourth-order valence-corrected chi connectivity index (χ4v) is 6.67. The lowest BCUT2D eigenvalue weighted by atomic mass is 9.98. The van der Waals surface area contributed by atoms with Crippen LogP contribution in [0.15, 0.2) is 60.7 Å². The van der Waals surface area contributed by atoms with Crippen LogP contribution in [0.2, 0.25) is 0 Å². The zero-order chi connectivity index (χ0) is 34.8. The fourth-order valence-electron chi connectivity index (χ4n) is 5.95. The molecule has 1 aliphatic rings. The first-order valence-corrected chi connectivity index (χ1v) is 19.3. The molecule has 1 aliphatic carbocycles. The van der Waals surface area contributed by atoms with Gasteiger partial charge in [0.25, 0.3) is 7.82 Å². The van der Waals surface area contributed by atoms with Crippen molar-refractivity contribution in [2.75, 3.05) is 47.5 Å². The maximum absolute atomic E-state index is 13.0. The number of alkyl carbamates (subject to hydrolysis) is 1. The van der Waals surface area contributed by atoms with Gasteiger partial charge in [-0.1, -0.05) is 132 Å². The minimum Gasteiger partial charge on any atom is -0.756 e. The number of benzene rings is 2. The number of rotatable bonds is 24. The molecule has 3 rings (SSSR count). The van der Waals surface area contributed by atoms with Crippen molar-refractivity contribution < 1.29 is 37.6 Å². The van der Waals surface area contributed by atoms with E-state index in [9.17, 15) is 19.4 Å². The number of unbranched alkanes of at least 4 members (excludes halogenated alkanes) is 11. The third-order valence-corrected chi connectivity index (χ3v) is 9.75. The largest absolute Gasteiger partial charge is 0.756 e. The minimum atomic E-state index is -4.67. The van der Waals surface area contributed by atoms with E-state index in [-0.39, 0.29) is 19.1 Å². The smallest absolute Gasteiger partial charge is 0.407 e. The lowest BCUT2D eigenvalue weighted by molar-refractivity contribution is -0.870. The van der Waals surface area contributed by atoms with Crippen molar-refractivity contribution in [3.05, 3.63) is 71.8 Å². The molecule has 48 heavy (non-hydrogen) atoms. The zero-order valence-corrected chi connectivity index (χ0v) is 30.5. The van der Waals surface area contributed by atoms with E-state index < -0.39 is 32.7 Å². The van der Waals surface area contributed by atoms with E-state index in [1.807, 2.05) is 63.6 Å². The van der Waals surface area contributed by atoms with Gasteiger partial charge in [0.2, 0.25) is 0 Å². The molecule has 2 aromatic rings. The summed E-state index contributed by atoms with van der Waals surface area (Å²) in [4.78, 5) is 25.5. The monoisotopic (exact) mass is 686 g/mol. The quantitative estimate of drug-likeness (QED) is 0.0503. The standard InChI is InChI=1S/C38H59N2O7P/c1-5-6-7-8-9-10-11-12-13-14-15-16-17-26-37(41)36(30-47-48(43,44)46-28-27-40(2,3)4)39-38(42)45-29-35-33-24-20-18-22-31(33)32-23-19-21-25-34(32)35/h17-26,35-37,41H,5-16,27-30H2,1-4H3,(H-,39,42,43,44)/b26-17+/t36-,37+/m0/s1. The van der Waals surface area contributed by atoms with E-state index >= 15 is 0 Å². The number of likely N-dealkylation sites (N-methyl/N-ethyl adjacent to an activating group) is 1. The number of carbonyl (C=O) groups excluding carboxylic acids is 1. The predicted octanol–water partition coefficient (Wildman–Crippen LogP) is 7.72. The van der Waals surface area contributed by atoms with Gasteiger partial charge in [-0.3, -0.25) is 4.57 Å². The van der Waals surface area contributed by atoms with Crippen molar-refractivity contribution in [3.63, 3.8) is 0 Å². The van der Waals surface area contributed by atoms with Crippen LogP contribution >= 0.6 is 7.82 Å². The first-order chi connectivity index (χ1) is 23.0. The predicted molar refractivity (Wildman–Crippen MR) is 191 cm³/mol. The van der Waals surface area contributed by atoms with Crippen molar-refractivity contribution in [3.8, 4) is 11.1 Å². The Bertz CT molecular complexity index is 1270. The van der Waals surface area contributed by atoms with Crippen molar-refractivity contribution in [2.24, 2.45) is 0 Å². The molecular formula is C38H59N2O7P. The molecule has 0 aromatic heterocycles. The summed E-state index contributed by atoms with van der Waals surface area (Å²) in [5.74, 6) is -0.134. The van der Waals surface area contributed by atoms with E-state index in [2.05, 4.69) is 24.4 Å². The summed E-state index contributed by atoms with van der Waals surface area (Å²) in [7, 11) is 1.10. The van der Waals surface area contributed by atoms with Gasteiger partial charge in [0.1, 0.15) is 19.8 Å². The van der Waals surface area contributed by atoms with Gasteiger partial charge in [-0.05, 0) is 35.1 Å². The Morgan fingerprint density at radius 1 is 0.896 bits per heavy atom. The van der Waals surface area contributed by atoms with Gasteiger partial charge in [-0.2, -0.15) is 0 Å². The second kappa shape index (κ2) is 20.9. The third-order valence-electron chi connectivity index (χ3n) is 8.79. The van der Waals surface area contributed by atoms with Gasteiger partial charge in [0.15, 0.2) is 0 Å². The van der Waals surface area contributed by atoms with Crippen LogP contribution in [0, 0.1) is 0 Å². The average molecular weight is 687 g/mol. The van der Waals surface area contributed by atoms with Crippen LogP contribution in [-0.2, 0) is 18.3 Å². The Morgan fingerprint density at radius 2 is 1.44 bits per heavy atom. The molecule has 10 heteroatoms. The fraction of sp³-hybridized carbons (Fsp3) is 0.605. The summed E-state index contributed by atoms with van der Waals surface area (Å²) in [5.41, 5.74) is 4.39. The summed E-state index contributed by atoms with van der Waals surface area (Å²) in [6.45, 7) is 2.25. The lowest BCUT2D eigenvalue weighted by Crippen LogP contribution is -2.46. The molecular weight excluding hydrogens is 627 g/mol. The molecule has 3 atom stereocenters. The molecule has 0 radical (unpaired) electrons. The molecule has 0 aliphatic heterocycles. The number of phosphoric ester groups is 1. The normalized spacial score (nSPS) is 15.5. The van der Waals surface area contributed by atoms with Crippen molar-refractivity contribution in [2.45, 2.75) is 102 Å². The molecule has 0 saturated carbocycles. The number of fused-ring (bicyclic) bond motifs is 3. The number of aliphatic hydroxyl groups excluding tert-OH is 1. The maximum atomic E-state index is 13.0. The first-order valence-electron chi connectivity index (χ1n) is 17.9. The summed E-state index contributed by atoms with van der Waals surface area (Å²) in [6, 6.07) is 15.0. The molecule has 1 amide bonds. The van der Waals surface area contributed by atoms with Crippen LogP contribution in [0.1, 0.15) is 101 Å². The molecule has 2 aromatic carbocycles. The summed E-state index contributed by atoms with van der Waals surface area (Å²) >= 11 is 0. The number of hydrogen-bond acceptors (Lipinski definition) is 7. The molecule has 9 nitrogen and oxygen atoms in total. The summed E-state index contributed by atoms with van der Waals surface area (Å²) in [5, 5.41) is 13.6. The third kappa shape index (κ3) is 14.5. The zero-order valence-electron chi connectivity index (χ0n) is 29.6. The number of nitrogens with one attached hydrogen (secondary N) is 1. The number of aliphatic hydroxyl groups is 1. The van der Waals surface area contributed by atoms with Crippen molar-refractivity contribution >= 4 is 13.9 Å². The Kier molecular flexibility index (Phi) is 17.4. The number of quaternary nitrogens is 1. The van der Waals surface area contributed by atoms with E-state index in [0.29, 0.717) is 11.0 Å². The number of hydrogen-bond donors (Lipinski definition) is 2. The maximum Gasteiger partial charge on any atom is 0.407 e. The Hall–Kier alpha value is -2.52. The van der Waals surface area contributed by atoms with Crippen LogP contribution in [-0.4, -0.2) is 75.3 Å². The van der Waals surface area contributed by atoms with Crippen LogP contribution in [0.3, 0.4) is 0 Å². The van der Waals surface area contributed by atoms with Gasteiger partial charge in [0, 0.05) is 5.92 Å². The number of carbonyl (C=O) groups is 1. The van der Waals surface area contributed by atoms with Gasteiger partial charge in [-0.15, -0.1) is 0 Å². The molecule has 0 fully saturated rings. The highest BCUT2D eigenvalue weighted by Crippen LogP contribution is 2.44. The van der Waals surface area contributed by atoms with E-state index in [0.717, 1.165) is 41.5 Å². The second-order valence-electron chi connectivity index (χ2n) is 13.9. The topological polar surface area (TPSA) is 117 Å². The van der Waals surface area contributed by atoms with Crippen LogP contribution < -0.4 is 10.2 Å². The number of phosphoric acid groups is 1. The van der Waals surface area contributed by atoms with Gasteiger partial charge in [0.05, 0.1) is 39.9 Å². The van der Waals surface area contributed by atoms with E-state index in [1.165, 1.54) is 57.8 Å². The van der Waals surface area contributed by atoms with Crippen molar-refractivity contribution in [1.82, 2.24) is 5.32 Å². The summed E-state index contributed by atoms with van der Waals surface area (Å²) in [6.07, 6.45) is 16.1. The van der Waals surface area contributed by atoms with Gasteiger partial charge in [-0.25, -0.2) is 4.79 Å². The Labute approximate surface area is 288 Å². The molecule has 268 valence electrons. The Morgan fingerprint density at radius 3 is 2.00 bits per heavy atom. The van der Waals surface area contributed by atoms with Crippen LogP contribution in [0.25, 0.3) is 11.1 Å². The molecule has 0 spiro atoms. The molecule has 0 heterocycles. The van der Waals surface area contributed by atoms with Crippen LogP contribution in [0.5, 0.6) is 0 Å². The average Bonchev–Trinajstić information content (AvgIpc) is 3.37. The van der Waals surface area contributed by atoms with E-state index in [4.69, 9.17) is 13.8 Å². The molecule has 2 N–H and O–H groups in total.